The number of rotatable bonds is 5. The normalized spacial score (nSPS) is 10.2. The van der Waals surface area contributed by atoms with Gasteiger partial charge in [0.1, 0.15) is 11.5 Å². The smallest absolute Gasteiger partial charge is 0.337 e. The minimum atomic E-state index is -0.498. The first-order valence-corrected chi connectivity index (χ1v) is 8.32. The molecule has 3 rings (SSSR count). The molecule has 1 heterocycles. The highest BCUT2D eigenvalue weighted by Crippen LogP contribution is 2.17. The summed E-state index contributed by atoms with van der Waals surface area (Å²) >= 11 is 0. The van der Waals surface area contributed by atoms with Gasteiger partial charge in [0.05, 0.1) is 12.7 Å². The number of nitrogens with one attached hydrogen (secondary N) is 2. The molecule has 1 amide bonds. The second kappa shape index (κ2) is 8.26. The molecule has 0 fully saturated rings. The molecule has 0 bridgehead atoms. The molecule has 0 aliphatic carbocycles. The minimum Gasteiger partial charge on any atom is -0.465 e. The number of nitrogens with zero attached hydrogens (tertiary/aromatic N) is 2. The van der Waals surface area contributed by atoms with Gasteiger partial charge in [0, 0.05) is 17.1 Å². The Hall–Kier alpha value is -3.81. The van der Waals surface area contributed by atoms with Gasteiger partial charge in [-0.2, -0.15) is 0 Å². The monoisotopic (exact) mass is 380 g/mol. The van der Waals surface area contributed by atoms with E-state index in [9.17, 15) is 14.0 Å². The van der Waals surface area contributed by atoms with Gasteiger partial charge in [0.15, 0.2) is 0 Å². The van der Waals surface area contributed by atoms with Crippen LogP contribution in [0.15, 0.2) is 54.6 Å². The maximum absolute atomic E-state index is 13.3. The van der Waals surface area contributed by atoms with Gasteiger partial charge in [0.25, 0.3) is 5.91 Å². The van der Waals surface area contributed by atoms with Crippen LogP contribution in [0.5, 0.6) is 0 Å². The summed E-state index contributed by atoms with van der Waals surface area (Å²) in [5.74, 6) is -1.23. The molecule has 2 aromatic carbocycles. The van der Waals surface area contributed by atoms with Crippen LogP contribution in [-0.2, 0) is 4.74 Å². The Morgan fingerprint density at radius 1 is 1.00 bits per heavy atom. The number of carbonyl (C=O) groups is 2. The van der Waals surface area contributed by atoms with Crippen molar-refractivity contribution < 1.29 is 18.7 Å². The number of hydrogen-bond donors (Lipinski definition) is 2. The standard InChI is InChI=1S/C20H17FN4O3/c1-12-9-17(18(26)23-16-8-4-6-14(21)11-16)25-20(22-12)24-15-7-3-5-13(10-15)19(27)28-2/h3-11H,1-2H3,(H,23,26)(H,22,24,25). The number of aromatic nitrogens is 2. The molecule has 7 nitrogen and oxygen atoms in total. The number of esters is 1. The zero-order valence-corrected chi connectivity index (χ0v) is 15.2. The van der Waals surface area contributed by atoms with Crippen molar-refractivity contribution >= 4 is 29.2 Å². The molecular weight excluding hydrogens is 363 g/mol. The van der Waals surface area contributed by atoms with Crippen LogP contribution in [0, 0.1) is 12.7 Å². The van der Waals surface area contributed by atoms with Crippen LogP contribution in [0.1, 0.15) is 26.5 Å². The SMILES string of the molecule is COC(=O)c1cccc(Nc2nc(C)cc(C(=O)Nc3cccc(F)c3)n2)c1. The molecule has 0 spiro atoms. The number of anilines is 3. The lowest BCUT2D eigenvalue weighted by Crippen LogP contribution is -2.15. The summed E-state index contributed by atoms with van der Waals surface area (Å²) in [6, 6.07) is 13.7. The second-order valence-electron chi connectivity index (χ2n) is 5.88. The van der Waals surface area contributed by atoms with Gasteiger partial charge in [-0.05, 0) is 49.4 Å². The number of hydrogen-bond acceptors (Lipinski definition) is 6. The third kappa shape index (κ3) is 4.67. The highest BCUT2D eigenvalue weighted by atomic mass is 19.1. The summed E-state index contributed by atoms with van der Waals surface area (Å²) in [6.45, 7) is 1.72. The van der Waals surface area contributed by atoms with Crippen LogP contribution in [0.2, 0.25) is 0 Å². The first-order chi connectivity index (χ1) is 13.4. The van der Waals surface area contributed by atoms with E-state index in [1.165, 1.54) is 31.4 Å². The molecule has 0 radical (unpaired) electrons. The van der Waals surface area contributed by atoms with Gasteiger partial charge in [-0.3, -0.25) is 4.79 Å². The van der Waals surface area contributed by atoms with Crippen molar-refractivity contribution in [1.82, 2.24) is 9.97 Å². The van der Waals surface area contributed by atoms with Crippen LogP contribution in [0.25, 0.3) is 0 Å². The van der Waals surface area contributed by atoms with Crippen molar-refractivity contribution in [1.29, 1.82) is 0 Å². The Bertz CT molecular complexity index is 1040. The fourth-order valence-corrected chi connectivity index (χ4v) is 2.47. The van der Waals surface area contributed by atoms with E-state index < -0.39 is 17.7 Å². The maximum atomic E-state index is 13.3. The van der Waals surface area contributed by atoms with E-state index in [0.717, 1.165) is 0 Å². The number of amides is 1. The Kier molecular flexibility index (Phi) is 5.59. The molecule has 0 aliphatic heterocycles. The predicted molar refractivity (Wildman–Crippen MR) is 102 cm³/mol. The third-order valence-corrected chi connectivity index (χ3v) is 3.71. The molecule has 0 saturated carbocycles. The summed E-state index contributed by atoms with van der Waals surface area (Å²) in [4.78, 5) is 32.6. The van der Waals surface area contributed by atoms with Crippen LogP contribution in [0.3, 0.4) is 0 Å². The van der Waals surface area contributed by atoms with Crippen molar-refractivity contribution in [2.45, 2.75) is 6.92 Å². The van der Waals surface area contributed by atoms with Gasteiger partial charge in [-0.25, -0.2) is 19.2 Å². The molecule has 28 heavy (non-hydrogen) atoms. The van der Waals surface area contributed by atoms with E-state index in [4.69, 9.17) is 4.74 Å². The van der Waals surface area contributed by atoms with E-state index in [0.29, 0.717) is 22.6 Å². The van der Waals surface area contributed by atoms with Gasteiger partial charge in [0.2, 0.25) is 5.95 Å². The zero-order valence-electron chi connectivity index (χ0n) is 15.2. The molecule has 0 aliphatic rings. The molecule has 0 atom stereocenters. The fourth-order valence-electron chi connectivity index (χ4n) is 2.47. The van der Waals surface area contributed by atoms with Crippen LogP contribution in [-0.4, -0.2) is 29.0 Å². The molecular formula is C20H17FN4O3. The van der Waals surface area contributed by atoms with Gasteiger partial charge in [-0.15, -0.1) is 0 Å². The first kappa shape index (κ1) is 19.0. The van der Waals surface area contributed by atoms with Crippen LogP contribution >= 0.6 is 0 Å². The number of benzene rings is 2. The third-order valence-electron chi connectivity index (χ3n) is 3.71. The number of ether oxygens (including phenoxy) is 1. The molecule has 2 N–H and O–H groups in total. The lowest BCUT2D eigenvalue weighted by atomic mass is 10.2. The van der Waals surface area contributed by atoms with E-state index in [1.807, 2.05) is 0 Å². The van der Waals surface area contributed by atoms with E-state index in [1.54, 1.807) is 37.3 Å². The number of carbonyl (C=O) groups excluding carboxylic acids is 2. The van der Waals surface area contributed by atoms with Crippen molar-refractivity contribution in [3.63, 3.8) is 0 Å². The van der Waals surface area contributed by atoms with Crippen LogP contribution in [0.4, 0.5) is 21.7 Å². The summed E-state index contributed by atoms with van der Waals surface area (Å²) in [5.41, 5.74) is 1.92. The topological polar surface area (TPSA) is 93.2 Å². The molecule has 1 aromatic heterocycles. The first-order valence-electron chi connectivity index (χ1n) is 8.32. The lowest BCUT2D eigenvalue weighted by molar-refractivity contribution is 0.0600. The van der Waals surface area contributed by atoms with E-state index in [2.05, 4.69) is 20.6 Å². The molecule has 0 saturated heterocycles. The van der Waals surface area contributed by atoms with E-state index >= 15 is 0 Å². The molecule has 8 heteroatoms. The zero-order chi connectivity index (χ0) is 20.1. The Morgan fingerprint density at radius 2 is 1.75 bits per heavy atom. The summed E-state index contributed by atoms with van der Waals surface area (Å²) in [7, 11) is 1.30. The number of aryl methyl sites for hydroxylation is 1. The van der Waals surface area contributed by atoms with Crippen molar-refractivity contribution in [3.8, 4) is 0 Å². The second-order valence-corrected chi connectivity index (χ2v) is 5.88. The Balaban J connectivity index is 1.81. The Labute approximate surface area is 160 Å². The molecule has 0 unspecified atom stereocenters. The Morgan fingerprint density at radius 3 is 2.50 bits per heavy atom. The summed E-state index contributed by atoms with van der Waals surface area (Å²) < 4.78 is 18.0. The number of halogens is 1. The largest absolute Gasteiger partial charge is 0.465 e. The summed E-state index contributed by atoms with van der Waals surface area (Å²) in [5, 5.41) is 5.55. The molecule has 3 aromatic rings. The van der Waals surface area contributed by atoms with Crippen molar-refractivity contribution in [2.24, 2.45) is 0 Å². The van der Waals surface area contributed by atoms with Gasteiger partial charge in [-0.1, -0.05) is 12.1 Å². The average molecular weight is 380 g/mol. The van der Waals surface area contributed by atoms with E-state index in [-0.39, 0.29) is 11.6 Å². The highest BCUT2D eigenvalue weighted by Gasteiger charge is 2.12. The predicted octanol–water partition coefficient (Wildman–Crippen LogP) is 3.71. The van der Waals surface area contributed by atoms with Gasteiger partial charge >= 0.3 is 5.97 Å². The lowest BCUT2D eigenvalue weighted by Gasteiger charge is -2.10. The minimum absolute atomic E-state index is 0.114. The van der Waals surface area contributed by atoms with Crippen LogP contribution < -0.4 is 10.6 Å². The van der Waals surface area contributed by atoms with Crippen molar-refractivity contribution in [3.05, 3.63) is 77.4 Å². The summed E-state index contributed by atoms with van der Waals surface area (Å²) in [6.07, 6.45) is 0. The highest BCUT2D eigenvalue weighted by molar-refractivity contribution is 6.03. The molecule has 142 valence electrons. The number of methoxy groups -OCH3 is 1. The average Bonchev–Trinajstić information content (AvgIpc) is 2.67. The van der Waals surface area contributed by atoms with Gasteiger partial charge < -0.3 is 15.4 Å². The fraction of sp³-hybridized carbons (Fsp3) is 0.100. The quantitative estimate of drug-likeness (QED) is 0.656. The maximum Gasteiger partial charge on any atom is 0.337 e. The van der Waals surface area contributed by atoms with Crippen molar-refractivity contribution in [2.75, 3.05) is 17.7 Å².